The first-order chi connectivity index (χ1) is 9.02. The van der Waals surface area contributed by atoms with E-state index in [1.165, 1.54) is 5.56 Å². The Hall–Kier alpha value is -1.57. The Balaban J connectivity index is 2.53. The van der Waals surface area contributed by atoms with Crippen LogP contribution in [0.1, 0.15) is 25.5 Å². The lowest BCUT2D eigenvalue weighted by molar-refractivity contribution is 0.334. The van der Waals surface area contributed by atoms with Crippen molar-refractivity contribution < 1.29 is 4.74 Å². The number of likely N-dealkylation sites (N-methyl/N-ethyl adjacent to an activating group) is 1. The molecule has 0 bridgehead atoms. The Morgan fingerprint density at radius 3 is 2.42 bits per heavy atom. The molecule has 0 saturated heterocycles. The van der Waals surface area contributed by atoms with Crippen LogP contribution in [0.15, 0.2) is 24.3 Å². The normalized spacial score (nSPS) is 13.9. The first-order valence-electron chi connectivity index (χ1n) is 6.53. The van der Waals surface area contributed by atoms with Crippen LogP contribution in [-0.4, -0.2) is 38.2 Å². The highest BCUT2D eigenvalue weighted by Crippen LogP contribution is 2.18. The van der Waals surface area contributed by atoms with Gasteiger partial charge in [0.1, 0.15) is 11.8 Å². The third-order valence-corrected chi connectivity index (χ3v) is 2.86. The second-order valence-electron chi connectivity index (χ2n) is 5.07. The van der Waals surface area contributed by atoms with E-state index in [1.54, 1.807) is 0 Å². The van der Waals surface area contributed by atoms with Gasteiger partial charge in [-0.2, -0.15) is 5.26 Å². The molecule has 1 aromatic carbocycles. The van der Waals surface area contributed by atoms with E-state index in [9.17, 15) is 0 Å². The summed E-state index contributed by atoms with van der Waals surface area (Å²) in [5, 5.41) is 12.0. The Labute approximate surface area is 116 Å². The molecule has 0 saturated carbocycles. The number of nitrogens with one attached hydrogen (secondary N) is 1. The van der Waals surface area contributed by atoms with E-state index in [4.69, 9.17) is 10.00 Å². The predicted octanol–water partition coefficient (Wildman–Crippen LogP) is 2.19. The fraction of sp³-hybridized carbons (Fsp3) is 0.533. The summed E-state index contributed by atoms with van der Waals surface area (Å²) in [5.74, 6) is 0.735. The van der Waals surface area contributed by atoms with Crippen LogP contribution in [0.5, 0.6) is 5.75 Å². The average molecular weight is 261 g/mol. The molecule has 0 aliphatic carbocycles. The maximum Gasteiger partial charge on any atom is 0.174 e. The highest BCUT2D eigenvalue weighted by molar-refractivity contribution is 5.29. The first-order valence-corrected chi connectivity index (χ1v) is 6.53. The van der Waals surface area contributed by atoms with Gasteiger partial charge in [0, 0.05) is 18.6 Å². The van der Waals surface area contributed by atoms with Crippen molar-refractivity contribution in [3.8, 4) is 11.8 Å². The second kappa shape index (κ2) is 7.78. The zero-order chi connectivity index (χ0) is 14.3. The molecule has 0 spiro atoms. The lowest BCUT2D eigenvalue weighted by atomic mass is 10.1. The molecule has 0 aromatic heterocycles. The summed E-state index contributed by atoms with van der Waals surface area (Å²) in [6, 6.07) is 10.6. The van der Waals surface area contributed by atoms with Crippen molar-refractivity contribution in [2.45, 2.75) is 25.9 Å². The molecule has 2 atom stereocenters. The van der Waals surface area contributed by atoms with Crippen molar-refractivity contribution >= 4 is 0 Å². The molecule has 2 unspecified atom stereocenters. The largest absolute Gasteiger partial charge is 0.479 e. The van der Waals surface area contributed by atoms with Gasteiger partial charge in [0.2, 0.25) is 0 Å². The number of hydrogen-bond donors (Lipinski definition) is 1. The molecular formula is C15H23N3O. The Morgan fingerprint density at radius 2 is 1.89 bits per heavy atom. The summed E-state index contributed by atoms with van der Waals surface area (Å²) in [7, 11) is 4.15. The van der Waals surface area contributed by atoms with Crippen molar-refractivity contribution in [2.75, 3.05) is 27.2 Å². The highest BCUT2D eigenvalue weighted by Gasteiger charge is 2.10. The summed E-state index contributed by atoms with van der Waals surface area (Å²) in [4.78, 5) is 2.17. The van der Waals surface area contributed by atoms with Gasteiger partial charge in [-0.25, -0.2) is 0 Å². The van der Waals surface area contributed by atoms with E-state index < -0.39 is 0 Å². The number of rotatable bonds is 7. The fourth-order valence-corrected chi connectivity index (χ4v) is 2.09. The molecule has 1 N–H and O–H groups in total. The minimum atomic E-state index is 0.0903. The van der Waals surface area contributed by atoms with Crippen LogP contribution in [0.25, 0.3) is 0 Å². The highest BCUT2D eigenvalue weighted by atomic mass is 16.5. The van der Waals surface area contributed by atoms with Crippen LogP contribution in [0.2, 0.25) is 0 Å². The van der Waals surface area contributed by atoms with Gasteiger partial charge in [-0.15, -0.1) is 0 Å². The fourth-order valence-electron chi connectivity index (χ4n) is 2.09. The molecule has 0 fully saturated rings. The van der Waals surface area contributed by atoms with Crippen molar-refractivity contribution in [3.63, 3.8) is 0 Å². The lowest BCUT2D eigenvalue weighted by Gasteiger charge is -2.23. The summed E-state index contributed by atoms with van der Waals surface area (Å²) in [5.41, 5.74) is 1.22. The van der Waals surface area contributed by atoms with Crippen LogP contribution in [0, 0.1) is 11.3 Å². The van der Waals surface area contributed by atoms with Crippen molar-refractivity contribution in [2.24, 2.45) is 0 Å². The van der Waals surface area contributed by atoms with Gasteiger partial charge in [0.15, 0.2) is 6.61 Å². The van der Waals surface area contributed by atoms with Gasteiger partial charge in [0.25, 0.3) is 0 Å². The number of ether oxygens (including phenoxy) is 1. The molecule has 0 amide bonds. The second-order valence-corrected chi connectivity index (χ2v) is 5.07. The van der Waals surface area contributed by atoms with Crippen LogP contribution in [-0.2, 0) is 0 Å². The summed E-state index contributed by atoms with van der Waals surface area (Å²) < 4.78 is 5.24. The third-order valence-electron chi connectivity index (χ3n) is 2.86. The van der Waals surface area contributed by atoms with E-state index in [-0.39, 0.29) is 6.61 Å². The zero-order valence-corrected chi connectivity index (χ0v) is 12.2. The van der Waals surface area contributed by atoms with E-state index in [1.807, 2.05) is 30.3 Å². The van der Waals surface area contributed by atoms with E-state index in [0.29, 0.717) is 12.1 Å². The Bertz CT molecular complexity index is 408. The molecule has 104 valence electrons. The molecule has 0 aliphatic heterocycles. The average Bonchev–Trinajstić information content (AvgIpc) is 2.35. The van der Waals surface area contributed by atoms with Crippen LogP contribution < -0.4 is 10.1 Å². The number of nitriles is 1. The minimum absolute atomic E-state index is 0.0903. The maximum atomic E-state index is 8.45. The van der Waals surface area contributed by atoms with Gasteiger partial charge in [-0.05, 0) is 45.6 Å². The van der Waals surface area contributed by atoms with Crippen LogP contribution in [0.4, 0.5) is 0 Å². The van der Waals surface area contributed by atoms with E-state index in [0.717, 1.165) is 12.3 Å². The maximum absolute atomic E-state index is 8.45. The minimum Gasteiger partial charge on any atom is -0.479 e. The molecule has 0 heterocycles. The molecule has 1 aromatic rings. The van der Waals surface area contributed by atoms with Crippen molar-refractivity contribution in [1.29, 1.82) is 5.26 Å². The van der Waals surface area contributed by atoms with E-state index in [2.05, 4.69) is 38.2 Å². The molecule has 4 heteroatoms. The molecule has 19 heavy (non-hydrogen) atoms. The van der Waals surface area contributed by atoms with Gasteiger partial charge in [-0.1, -0.05) is 12.1 Å². The van der Waals surface area contributed by atoms with Gasteiger partial charge in [-0.3, -0.25) is 0 Å². The van der Waals surface area contributed by atoms with Gasteiger partial charge in [0.05, 0.1) is 0 Å². The number of nitrogens with zero attached hydrogens (tertiary/aromatic N) is 2. The quantitative estimate of drug-likeness (QED) is 0.817. The third kappa shape index (κ3) is 5.73. The summed E-state index contributed by atoms with van der Waals surface area (Å²) in [6.07, 6.45) is 0. The lowest BCUT2D eigenvalue weighted by Crippen LogP contribution is -2.37. The van der Waals surface area contributed by atoms with Gasteiger partial charge < -0.3 is 15.0 Å². The summed E-state index contributed by atoms with van der Waals surface area (Å²) in [6.45, 7) is 5.43. The van der Waals surface area contributed by atoms with Crippen LogP contribution in [0.3, 0.4) is 0 Å². The molecule has 0 aliphatic rings. The summed E-state index contributed by atoms with van der Waals surface area (Å²) >= 11 is 0. The monoisotopic (exact) mass is 261 g/mol. The Kier molecular flexibility index (Phi) is 6.34. The van der Waals surface area contributed by atoms with Gasteiger partial charge >= 0.3 is 0 Å². The number of benzene rings is 1. The van der Waals surface area contributed by atoms with Crippen molar-refractivity contribution in [1.82, 2.24) is 10.2 Å². The molecule has 0 radical (unpaired) electrons. The van der Waals surface area contributed by atoms with Crippen LogP contribution >= 0.6 is 0 Å². The standard InChI is InChI=1S/C15H23N3O/c1-12(11-18(3)4)17-13(2)14-5-7-15(8-6-14)19-10-9-16/h5-8,12-13,17H,10-11H2,1-4H3. The molecular weight excluding hydrogens is 238 g/mol. The topological polar surface area (TPSA) is 48.3 Å². The zero-order valence-electron chi connectivity index (χ0n) is 12.2. The Morgan fingerprint density at radius 1 is 1.26 bits per heavy atom. The smallest absolute Gasteiger partial charge is 0.174 e. The SMILES string of the molecule is CC(CN(C)C)NC(C)c1ccc(OCC#N)cc1. The van der Waals surface area contributed by atoms with Crippen molar-refractivity contribution in [3.05, 3.63) is 29.8 Å². The first kappa shape index (κ1) is 15.5. The van der Waals surface area contributed by atoms with E-state index >= 15 is 0 Å². The number of hydrogen-bond acceptors (Lipinski definition) is 4. The predicted molar refractivity (Wildman–Crippen MR) is 77.1 cm³/mol. The molecule has 4 nitrogen and oxygen atoms in total. The molecule has 1 rings (SSSR count).